The van der Waals surface area contributed by atoms with E-state index in [9.17, 15) is 4.79 Å². The van der Waals surface area contributed by atoms with Crippen LogP contribution < -0.4 is 4.74 Å². The minimum absolute atomic E-state index is 0.277. The molecule has 4 nitrogen and oxygen atoms in total. The number of benzene rings is 2. The summed E-state index contributed by atoms with van der Waals surface area (Å²) in [5, 5.41) is 0.145. The smallest absolute Gasteiger partial charge is 0.323 e. The lowest BCUT2D eigenvalue weighted by atomic mass is 10.1. The maximum absolute atomic E-state index is 12.7. The van der Waals surface area contributed by atoms with Crippen molar-refractivity contribution in [1.29, 1.82) is 0 Å². The number of methoxy groups -OCH3 is 1. The highest BCUT2D eigenvalue weighted by Crippen LogP contribution is 2.40. The van der Waals surface area contributed by atoms with Gasteiger partial charge in [0.15, 0.2) is 0 Å². The number of esters is 1. The van der Waals surface area contributed by atoms with E-state index in [1.54, 1.807) is 14.0 Å². The molecule has 0 N–H and O–H groups in total. The third-order valence-electron chi connectivity index (χ3n) is 3.97. The van der Waals surface area contributed by atoms with E-state index in [0.29, 0.717) is 11.6 Å². The molecule has 0 saturated carbocycles. The van der Waals surface area contributed by atoms with Crippen LogP contribution in [0, 0.1) is 0 Å². The summed E-state index contributed by atoms with van der Waals surface area (Å²) in [6, 6.07) is 17.0. The Kier molecular flexibility index (Phi) is 6.48. The molecular formula is C21H20ClNO3S. The molecule has 0 aliphatic heterocycles. The zero-order chi connectivity index (χ0) is 19.2. The summed E-state index contributed by atoms with van der Waals surface area (Å²) in [4.78, 5) is 13.6. The molecule has 6 heteroatoms. The van der Waals surface area contributed by atoms with Gasteiger partial charge in [-0.25, -0.2) is 0 Å². The number of hydrogen-bond donors (Lipinski definition) is 0. The lowest BCUT2D eigenvalue weighted by Gasteiger charge is -2.18. The van der Waals surface area contributed by atoms with Crippen molar-refractivity contribution >= 4 is 29.3 Å². The van der Waals surface area contributed by atoms with Gasteiger partial charge in [-0.1, -0.05) is 23.7 Å². The van der Waals surface area contributed by atoms with Crippen molar-refractivity contribution in [2.45, 2.75) is 17.1 Å². The molecule has 0 spiro atoms. The second-order valence-corrected chi connectivity index (χ2v) is 7.31. The maximum Gasteiger partial charge on any atom is 0.323 e. The van der Waals surface area contributed by atoms with Crippen molar-refractivity contribution < 1.29 is 14.3 Å². The maximum atomic E-state index is 12.7. The number of halogens is 1. The van der Waals surface area contributed by atoms with Crippen LogP contribution in [0.5, 0.6) is 5.75 Å². The highest BCUT2D eigenvalue weighted by molar-refractivity contribution is 8.00. The van der Waals surface area contributed by atoms with Crippen molar-refractivity contribution in [3.63, 3.8) is 0 Å². The van der Waals surface area contributed by atoms with Gasteiger partial charge in [0.1, 0.15) is 11.0 Å². The molecule has 0 amide bonds. The number of rotatable bonds is 7. The molecule has 27 heavy (non-hydrogen) atoms. The van der Waals surface area contributed by atoms with E-state index in [4.69, 9.17) is 21.1 Å². The fraction of sp³-hybridized carbons (Fsp3) is 0.190. The largest absolute Gasteiger partial charge is 0.497 e. The zero-order valence-electron chi connectivity index (χ0n) is 15.1. The molecule has 0 bridgehead atoms. The summed E-state index contributed by atoms with van der Waals surface area (Å²) >= 11 is 7.65. The summed E-state index contributed by atoms with van der Waals surface area (Å²) in [6.07, 6.45) is 3.89. The molecule has 1 heterocycles. The Labute approximate surface area is 168 Å². The predicted octanol–water partition coefficient (Wildman–Crippen LogP) is 5.54. The fourth-order valence-corrected chi connectivity index (χ4v) is 3.97. The Bertz CT molecular complexity index is 894. The van der Waals surface area contributed by atoms with Crippen molar-refractivity contribution in [2.75, 3.05) is 13.7 Å². The van der Waals surface area contributed by atoms with Crippen LogP contribution in [0.4, 0.5) is 0 Å². The molecule has 140 valence electrons. The number of carbonyl (C=O) groups is 1. The number of hydrogen-bond acceptors (Lipinski definition) is 4. The van der Waals surface area contributed by atoms with Crippen molar-refractivity contribution in [2.24, 2.45) is 0 Å². The van der Waals surface area contributed by atoms with Crippen molar-refractivity contribution in [1.82, 2.24) is 4.57 Å². The third kappa shape index (κ3) is 4.67. The highest BCUT2D eigenvalue weighted by atomic mass is 35.5. The van der Waals surface area contributed by atoms with Gasteiger partial charge in [-0.15, -0.1) is 11.8 Å². The minimum atomic E-state index is -0.494. The third-order valence-corrected chi connectivity index (χ3v) is 5.50. The van der Waals surface area contributed by atoms with Gasteiger partial charge < -0.3 is 14.0 Å². The van der Waals surface area contributed by atoms with Crippen LogP contribution in [0.3, 0.4) is 0 Å². The zero-order valence-corrected chi connectivity index (χ0v) is 16.7. The molecule has 0 fully saturated rings. The van der Waals surface area contributed by atoms with Gasteiger partial charge in [0.2, 0.25) is 0 Å². The first-order chi connectivity index (χ1) is 13.1. The molecule has 1 unspecified atom stereocenters. The van der Waals surface area contributed by atoms with Gasteiger partial charge in [-0.2, -0.15) is 0 Å². The van der Waals surface area contributed by atoms with Gasteiger partial charge in [-0.3, -0.25) is 4.79 Å². The van der Waals surface area contributed by atoms with E-state index < -0.39 is 5.25 Å². The number of nitrogens with zero attached hydrogens (tertiary/aromatic N) is 1. The Balaban J connectivity index is 1.98. The normalized spacial score (nSPS) is 11.8. The monoisotopic (exact) mass is 401 g/mol. The van der Waals surface area contributed by atoms with E-state index >= 15 is 0 Å². The summed E-state index contributed by atoms with van der Waals surface area (Å²) in [5.74, 6) is 0.465. The second-order valence-electron chi connectivity index (χ2n) is 5.73. The number of thioether (sulfide) groups is 1. The van der Waals surface area contributed by atoms with Crippen LogP contribution in [0.15, 0.2) is 71.9 Å². The predicted molar refractivity (Wildman–Crippen MR) is 109 cm³/mol. The molecule has 0 saturated heterocycles. The first-order valence-corrected chi connectivity index (χ1v) is 9.78. The molecule has 0 aliphatic rings. The Hall–Kier alpha value is -2.37. The first-order valence-electron chi connectivity index (χ1n) is 8.52. The second kappa shape index (κ2) is 9.02. The average Bonchev–Trinajstić information content (AvgIpc) is 3.22. The van der Waals surface area contributed by atoms with Crippen LogP contribution in [0.1, 0.15) is 17.7 Å². The minimum Gasteiger partial charge on any atom is -0.497 e. The standard InChI is InChI=1S/C21H20ClNO3S/c1-3-26-21(24)20(15-6-9-17(25-2)10-7-15)27-19-11-8-16(22)14-18(19)23-12-4-5-13-23/h4-14,20H,3H2,1-2H3. The fourth-order valence-electron chi connectivity index (χ4n) is 2.66. The number of aromatic nitrogens is 1. The van der Waals surface area contributed by atoms with Crippen LogP contribution >= 0.6 is 23.4 Å². The SMILES string of the molecule is CCOC(=O)C(Sc1ccc(Cl)cc1-n1cccc1)c1ccc(OC)cc1. The molecule has 0 aliphatic carbocycles. The highest BCUT2D eigenvalue weighted by Gasteiger charge is 2.25. The summed E-state index contributed by atoms with van der Waals surface area (Å²) in [7, 11) is 1.61. The van der Waals surface area contributed by atoms with Crippen molar-refractivity contribution in [3.05, 3.63) is 77.6 Å². The molecule has 1 atom stereocenters. The van der Waals surface area contributed by atoms with E-state index in [-0.39, 0.29) is 5.97 Å². The first kappa shape index (κ1) is 19.4. The molecule has 3 aromatic rings. The lowest BCUT2D eigenvalue weighted by molar-refractivity contribution is -0.142. The molecule has 1 aromatic heterocycles. The topological polar surface area (TPSA) is 40.5 Å². The Morgan fingerprint density at radius 3 is 2.48 bits per heavy atom. The number of ether oxygens (including phenoxy) is 2. The van der Waals surface area contributed by atoms with Gasteiger partial charge in [0, 0.05) is 22.3 Å². The Morgan fingerprint density at radius 2 is 1.85 bits per heavy atom. The summed E-state index contributed by atoms with van der Waals surface area (Å²) in [6.45, 7) is 2.14. The van der Waals surface area contributed by atoms with Crippen LogP contribution in [-0.4, -0.2) is 24.3 Å². The molecule has 2 aromatic carbocycles. The van der Waals surface area contributed by atoms with Crippen LogP contribution in [0.2, 0.25) is 5.02 Å². The van der Waals surface area contributed by atoms with Crippen LogP contribution in [0.25, 0.3) is 5.69 Å². The Morgan fingerprint density at radius 1 is 1.15 bits per heavy atom. The van der Waals surface area contributed by atoms with E-state index in [2.05, 4.69) is 0 Å². The summed E-state index contributed by atoms with van der Waals surface area (Å²) < 4.78 is 12.5. The van der Waals surface area contributed by atoms with Gasteiger partial charge in [0.25, 0.3) is 0 Å². The van der Waals surface area contributed by atoms with Crippen LogP contribution in [-0.2, 0) is 9.53 Å². The van der Waals surface area contributed by atoms with Gasteiger partial charge >= 0.3 is 5.97 Å². The average molecular weight is 402 g/mol. The lowest BCUT2D eigenvalue weighted by Crippen LogP contribution is -2.13. The molecule has 3 rings (SSSR count). The number of carbonyl (C=O) groups excluding carboxylic acids is 1. The quantitative estimate of drug-likeness (QED) is 0.385. The van der Waals surface area contributed by atoms with Gasteiger partial charge in [-0.05, 0) is 55.0 Å². The van der Waals surface area contributed by atoms with E-state index in [0.717, 1.165) is 21.9 Å². The van der Waals surface area contributed by atoms with E-state index in [1.165, 1.54) is 11.8 Å². The van der Waals surface area contributed by atoms with Gasteiger partial charge in [0.05, 0.1) is 19.4 Å². The molecular weight excluding hydrogens is 382 g/mol. The van der Waals surface area contributed by atoms with E-state index in [1.807, 2.05) is 71.6 Å². The molecule has 0 radical (unpaired) electrons. The van der Waals surface area contributed by atoms with Crippen molar-refractivity contribution in [3.8, 4) is 11.4 Å². The summed E-state index contributed by atoms with van der Waals surface area (Å²) in [5.41, 5.74) is 1.77.